The van der Waals surface area contributed by atoms with Crippen LogP contribution in [0.4, 0.5) is 0 Å². The molecule has 7 aromatic carbocycles. The molecule has 0 N–H and O–H groups in total. The lowest BCUT2D eigenvalue weighted by Gasteiger charge is -2.30. The molecule has 0 heterocycles. The fourth-order valence-electron chi connectivity index (χ4n) is 6.70. The van der Waals surface area contributed by atoms with Crippen molar-refractivity contribution < 1.29 is 0 Å². The molecule has 7 aromatic rings. The fourth-order valence-corrected chi connectivity index (χ4v) is 14.6. The van der Waals surface area contributed by atoms with Crippen LogP contribution in [0.2, 0.25) is 0 Å². The quantitative estimate of drug-likeness (QED) is 0.140. The zero-order valence-electron chi connectivity index (χ0n) is 26.4. The van der Waals surface area contributed by atoms with Gasteiger partial charge in [-0.1, -0.05) is 212 Å². The summed E-state index contributed by atoms with van der Waals surface area (Å²) in [5.74, 6) is 5.26. The fraction of sp³-hybridized carbons (Fsp3) is 0.0222. The van der Waals surface area contributed by atoms with E-state index < -0.39 is 13.8 Å². The Morgan fingerprint density at radius 1 is 0.298 bits per heavy atom. The van der Waals surface area contributed by atoms with Crippen LogP contribution >= 0.6 is 13.8 Å². The Morgan fingerprint density at radius 3 is 0.915 bits per heavy atom. The third-order valence-electron chi connectivity index (χ3n) is 8.95. The Labute approximate surface area is 280 Å². The third-order valence-corrected chi connectivity index (χ3v) is 17.0. The maximum Gasteiger partial charge on any atom is -0.00780 e. The first-order chi connectivity index (χ1) is 23.3. The minimum atomic E-state index is -2.17. The maximum atomic E-state index is 2.65. The molecule has 0 aliphatic rings. The molecule has 0 bridgehead atoms. The molecule has 47 heavy (non-hydrogen) atoms. The van der Waals surface area contributed by atoms with E-state index in [2.05, 4.69) is 218 Å². The van der Waals surface area contributed by atoms with E-state index in [4.69, 9.17) is 0 Å². The van der Waals surface area contributed by atoms with Crippen LogP contribution in [0, 0.1) is 0 Å². The van der Waals surface area contributed by atoms with E-state index >= 15 is 0 Å². The van der Waals surface area contributed by atoms with Crippen molar-refractivity contribution in [2.45, 2.75) is 6.42 Å². The Balaban J connectivity index is 1.50. The van der Waals surface area contributed by atoms with Gasteiger partial charge in [-0.05, 0) is 68.9 Å². The highest BCUT2D eigenvalue weighted by Gasteiger charge is 2.27. The molecule has 0 fully saturated rings. The van der Waals surface area contributed by atoms with Gasteiger partial charge in [0.2, 0.25) is 0 Å². The maximum absolute atomic E-state index is 2.65. The van der Waals surface area contributed by atoms with Gasteiger partial charge < -0.3 is 0 Å². The molecule has 0 aliphatic heterocycles. The van der Waals surface area contributed by atoms with Crippen LogP contribution in [0.25, 0.3) is 0 Å². The standard InChI is InChI=1S/C45H38P2/c1-7-23-40(24-8-1)46(41-25-9-2-10-26-41,42-27-11-3-12-28-42)36-35-38-21-19-20-22-39(38)37-47(43-29-13-4-14-30-43,44-31-15-5-16-32-44)45-33-17-6-18-34-45/h1-34,36-37H,35H2. The molecule has 7 rings (SSSR count). The highest BCUT2D eigenvalue weighted by Crippen LogP contribution is 2.46. The van der Waals surface area contributed by atoms with Crippen molar-refractivity contribution in [3.63, 3.8) is 0 Å². The van der Waals surface area contributed by atoms with Gasteiger partial charge in [0.1, 0.15) is 0 Å². The second-order valence-electron chi connectivity index (χ2n) is 11.7. The van der Waals surface area contributed by atoms with Gasteiger partial charge in [0.15, 0.2) is 0 Å². The predicted octanol–water partition coefficient (Wildman–Crippen LogP) is 8.17. The average molecular weight is 641 g/mol. The first-order valence-electron chi connectivity index (χ1n) is 16.2. The van der Waals surface area contributed by atoms with Gasteiger partial charge in [0.25, 0.3) is 0 Å². The Hall–Kier alpha value is -4.86. The highest BCUT2D eigenvalue weighted by molar-refractivity contribution is 7.95. The van der Waals surface area contributed by atoms with Crippen molar-refractivity contribution in [2.24, 2.45) is 0 Å². The second-order valence-corrected chi connectivity index (χ2v) is 18.3. The molecule has 0 aliphatic carbocycles. The summed E-state index contributed by atoms with van der Waals surface area (Å²) in [7, 11) is 0. The van der Waals surface area contributed by atoms with Gasteiger partial charge >= 0.3 is 0 Å². The molecule has 0 spiro atoms. The van der Waals surface area contributed by atoms with E-state index in [1.165, 1.54) is 43.0 Å². The van der Waals surface area contributed by atoms with E-state index in [0.29, 0.717) is 0 Å². The van der Waals surface area contributed by atoms with E-state index in [-0.39, 0.29) is 0 Å². The monoisotopic (exact) mass is 640 g/mol. The van der Waals surface area contributed by atoms with Crippen LogP contribution in [0.1, 0.15) is 11.1 Å². The summed E-state index contributed by atoms with van der Waals surface area (Å²) >= 11 is 0. The number of benzene rings is 7. The largest absolute Gasteiger partial charge is 0.0698 e. The van der Waals surface area contributed by atoms with Crippen LogP contribution in [-0.2, 0) is 6.42 Å². The number of hydrogen-bond donors (Lipinski definition) is 0. The van der Waals surface area contributed by atoms with Crippen molar-refractivity contribution in [3.8, 4) is 0 Å². The van der Waals surface area contributed by atoms with E-state index in [1.54, 1.807) is 0 Å². The predicted molar refractivity (Wildman–Crippen MR) is 212 cm³/mol. The smallest absolute Gasteiger partial charge is 0.00780 e. The molecule has 0 unspecified atom stereocenters. The minimum Gasteiger partial charge on any atom is -0.0698 e. The minimum absolute atomic E-state index is 0.845. The molecule has 0 nitrogen and oxygen atoms in total. The Morgan fingerprint density at radius 2 is 0.574 bits per heavy atom. The van der Waals surface area contributed by atoms with E-state index in [1.807, 2.05) is 0 Å². The first-order valence-corrected chi connectivity index (χ1v) is 19.9. The van der Waals surface area contributed by atoms with Crippen LogP contribution in [0.5, 0.6) is 0 Å². The zero-order chi connectivity index (χ0) is 31.8. The van der Waals surface area contributed by atoms with Crippen LogP contribution < -0.4 is 31.8 Å². The Kier molecular flexibility index (Phi) is 9.35. The summed E-state index contributed by atoms with van der Waals surface area (Å²) in [5, 5.41) is 8.19. The summed E-state index contributed by atoms with van der Waals surface area (Å²) in [4.78, 5) is 0. The Bertz CT molecular complexity index is 1930. The summed E-state index contributed by atoms with van der Waals surface area (Å²) in [5.41, 5.74) is 2.63. The molecule has 0 radical (unpaired) electrons. The zero-order valence-corrected chi connectivity index (χ0v) is 28.2. The van der Waals surface area contributed by atoms with Crippen molar-refractivity contribution in [2.75, 3.05) is 0 Å². The second kappa shape index (κ2) is 14.3. The van der Waals surface area contributed by atoms with Gasteiger partial charge in [-0.25, -0.2) is 0 Å². The summed E-state index contributed by atoms with van der Waals surface area (Å²) < 4.78 is 0. The summed E-state index contributed by atoms with van der Waals surface area (Å²) in [6.07, 6.45) is 0.845. The number of hydrogen-bond acceptors (Lipinski definition) is 0. The molecular weight excluding hydrogens is 602 g/mol. The molecule has 0 amide bonds. The van der Waals surface area contributed by atoms with Crippen molar-refractivity contribution >= 4 is 57.2 Å². The average Bonchev–Trinajstić information content (AvgIpc) is 3.17. The molecule has 0 saturated heterocycles. The summed E-state index contributed by atoms with van der Waals surface area (Å²) in [6, 6.07) is 75.8. The van der Waals surface area contributed by atoms with Crippen LogP contribution in [0.3, 0.4) is 0 Å². The molecular formula is C45H38P2. The highest BCUT2D eigenvalue weighted by atomic mass is 31.2. The van der Waals surface area contributed by atoms with Gasteiger partial charge in [-0.3, -0.25) is 0 Å². The number of rotatable bonds is 9. The van der Waals surface area contributed by atoms with Crippen molar-refractivity contribution in [1.82, 2.24) is 0 Å². The summed E-state index contributed by atoms with van der Waals surface area (Å²) in [6.45, 7) is -4.26. The van der Waals surface area contributed by atoms with Crippen molar-refractivity contribution in [1.29, 1.82) is 0 Å². The van der Waals surface area contributed by atoms with E-state index in [9.17, 15) is 0 Å². The van der Waals surface area contributed by atoms with Gasteiger partial charge in [-0.2, -0.15) is 0 Å². The third kappa shape index (κ3) is 6.16. The van der Waals surface area contributed by atoms with Gasteiger partial charge in [0, 0.05) is 0 Å². The van der Waals surface area contributed by atoms with Crippen LogP contribution in [-0.4, -0.2) is 11.6 Å². The molecule has 0 saturated carbocycles. The SMILES string of the molecule is C(Cc1ccccc1C=P(c1ccccc1)(c1ccccc1)c1ccccc1)=P(c1ccccc1)(c1ccccc1)c1ccccc1. The molecule has 2 heteroatoms. The first kappa shape index (κ1) is 30.8. The molecule has 228 valence electrons. The van der Waals surface area contributed by atoms with Gasteiger partial charge in [0.05, 0.1) is 0 Å². The lowest BCUT2D eigenvalue weighted by atomic mass is 10.1. The van der Waals surface area contributed by atoms with Crippen LogP contribution in [0.15, 0.2) is 206 Å². The lowest BCUT2D eigenvalue weighted by Crippen LogP contribution is -2.28. The lowest BCUT2D eigenvalue weighted by molar-refractivity contribution is 1.37. The molecule has 0 aromatic heterocycles. The van der Waals surface area contributed by atoms with Gasteiger partial charge in [-0.15, -0.1) is 0 Å². The molecule has 0 atom stereocenters. The van der Waals surface area contributed by atoms with E-state index in [0.717, 1.165) is 6.42 Å². The van der Waals surface area contributed by atoms with Crippen molar-refractivity contribution in [3.05, 3.63) is 217 Å². The topological polar surface area (TPSA) is 0 Å². The normalized spacial score (nSPS) is 11.5.